The first kappa shape index (κ1) is 18.4. The van der Waals surface area contributed by atoms with E-state index in [1.165, 1.54) is 11.1 Å². The number of aliphatic hydroxyl groups excluding tert-OH is 1. The predicted molar refractivity (Wildman–Crippen MR) is 106 cm³/mol. The highest BCUT2D eigenvalue weighted by atomic mass is 16.3. The van der Waals surface area contributed by atoms with E-state index in [9.17, 15) is 9.90 Å². The van der Waals surface area contributed by atoms with Gasteiger partial charge >= 0.3 is 0 Å². The van der Waals surface area contributed by atoms with Gasteiger partial charge in [0, 0.05) is 18.7 Å². The molecule has 0 spiro atoms. The highest BCUT2D eigenvalue weighted by Crippen LogP contribution is 2.33. The molecule has 2 aliphatic heterocycles. The first-order valence-electron chi connectivity index (χ1n) is 9.92. The summed E-state index contributed by atoms with van der Waals surface area (Å²) in [5.74, 6) is 0.790. The third-order valence-electron chi connectivity index (χ3n) is 5.99. The van der Waals surface area contributed by atoms with Gasteiger partial charge in [0.2, 0.25) is 0 Å². The van der Waals surface area contributed by atoms with Crippen molar-refractivity contribution in [1.82, 2.24) is 9.80 Å². The third-order valence-corrected chi connectivity index (χ3v) is 5.99. The Morgan fingerprint density at radius 1 is 1.07 bits per heavy atom. The van der Waals surface area contributed by atoms with Gasteiger partial charge in [-0.1, -0.05) is 54.1 Å². The van der Waals surface area contributed by atoms with E-state index in [0.29, 0.717) is 12.5 Å². The minimum Gasteiger partial charge on any atom is -0.374 e. The monoisotopic (exact) mass is 364 g/mol. The summed E-state index contributed by atoms with van der Waals surface area (Å²) in [6.07, 6.45) is 1.70. The highest BCUT2D eigenvalue weighted by Gasteiger charge is 2.31. The number of carbonyl (C=O) groups excluding carboxylic acids is 1. The fourth-order valence-corrected chi connectivity index (χ4v) is 4.29. The van der Waals surface area contributed by atoms with E-state index in [0.717, 1.165) is 50.1 Å². The Bertz CT molecular complexity index is 794. The highest BCUT2D eigenvalue weighted by molar-refractivity contribution is 5.97. The molecular weight excluding hydrogens is 336 g/mol. The molecule has 1 N–H and O–H groups in total. The number of ketones is 1. The Morgan fingerprint density at radius 3 is 2.48 bits per heavy atom. The Labute approximate surface area is 161 Å². The summed E-state index contributed by atoms with van der Waals surface area (Å²) in [5, 5.41) is 10.6. The minimum absolute atomic E-state index is 0.207. The number of likely N-dealkylation sites (tertiary alicyclic amines) is 1. The zero-order valence-corrected chi connectivity index (χ0v) is 16.0. The van der Waals surface area contributed by atoms with Gasteiger partial charge < -0.3 is 5.11 Å². The summed E-state index contributed by atoms with van der Waals surface area (Å²) in [6.45, 7) is 6.22. The van der Waals surface area contributed by atoms with Crippen molar-refractivity contribution in [1.29, 1.82) is 0 Å². The van der Waals surface area contributed by atoms with E-state index in [1.807, 2.05) is 49.4 Å². The van der Waals surface area contributed by atoms with Crippen LogP contribution in [0.1, 0.15) is 46.1 Å². The van der Waals surface area contributed by atoms with Crippen LogP contribution in [0.25, 0.3) is 0 Å². The third kappa shape index (κ3) is 4.13. The van der Waals surface area contributed by atoms with Gasteiger partial charge in [0.15, 0.2) is 5.78 Å². The lowest BCUT2D eigenvalue weighted by molar-refractivity contribution is -0.00352. The maximum Gasteiger partial charge on any atom is 0.176 e. The molecule has 27 heavy (non-hydrogen) atoms. The number of hydrogen-bond acceptors (Lipinski definition) is 4. The summed E-state index contributed by atoms with van der Waals surface area (Å²) in [7, 11) is 0. The second-order valence-corrected chi connectivity index (χ2v) is 8.01. The van der Waals surface area contributed by atoms with E-state index in [-0.39, 0.29) is 5.78 Å². The number of Topliss-reactive ketones (excluding diaryl/α,β-unsaturated/α-hetero) is 1. The molecule has 0 radical (unpaired) electrons. The average molecular weight is 364 g/mol. The number of piperidine rings is 1. The Morgan fingerprint density at radius 2 is 1.78 bits per heavy atom. The lowest BCUT2D eigenvalue weighted by Gasteiger charge is -2.34. The van der Waals surface area contributed by atoms with Gasteiger partial charge in [0.25, 0.3) is 0 Å². The molecule has 2 aliphatic rings. The van der Waals surface area contributed by atoms with Crippen molar-refractivity contribution < 1.29 is 9.90 Å². The SMILES string of the molecule is Cc1ccc(C(=O)CN2CCC(CN3Cc4ccccc4C3O)CC2)cc1. The summed E-state index contributed by atoms with van der Waals surface area (Å²) in [4.78, 5) is 16.9. The van der Waals surface area contributed by atoms with Crippen LogP contribution in [0.15, 0.2) is 48.5 Å². The number of aryl methyl sites for hydroxylation is 1. The smallest absolute Gasteiger partial charge is 0.176 e. The number of fused-ring (bicyclic) bond motifs is 1. The lowest BCUT2D eigenvalue weighted by atomic mass is 9.95. The van der Waals surface area contributed by atoms with Gasteiger partial charge in [-0.2, -0.15) is 0 Å². The molecule has 1 fully saturated rings. The quantitative estimate of drug-likeness (QED) is 0.826. The molecule has 4 rings (SSSR count). The van der Waals surface area contributed by atoms with Crippen molar-refractivity contribution in [3.8, 4) is 0 Å². The standard InChI is InChI=1S/C23H28N2O2/c1-17-6-8-19(9-7-17)22(26)16-24-12-10-18(11-13-24)14-25-15-20-4-2-3-5-21(20)23(25)27/h2-9,18,23,27H,10-16H2,1H3. The lowest BCUT2D eigenvalue weighted by Crippen LogP contribution is -2.40. The topological polar surface area (TPSA) is 43.8 Å². The van der Waals surface area contributed by atoms with Crippen molar-refractivity contribution in [3.05, 3.63) is 70.8 Å². The van der Waals surface area contributed by atoms with Gasteiger partial charge in [-0.25, -0.2) is 0 Å². The normalized spacial score (nSPS) is 21.3. The molecule has 0 amide bonds. The van der Waals surface area contributed by atoms with Gasteiger partial charge in [-0.05, 0) is 49.9 Å². The van der Waals surface area contributed by atoms with E-state index in [4.69, 9.17) is 0 Å². The summed E-state index contributed by atoms with van der Waals surface area (Å²) in [5.41, 5.74) is 4.28. The molecule has 2 heterocycles. The number of rotatable bonds is 5. The van der Waals surface area contributed by atoms with Crippen molar-refractivity contribution in [2.24, 2.45) is 5.92 Å². The average Bonchev–Trinajstić information content (AvgIpc) is 3.00. The molecule has 4 heteroatoms. The molecule has 1 atom stereocenters. The molecule has 0 aliphatic carbocycles. The predicted octanol–water partition coefficient (Wildman–Crippen LogP) is 3.40. The van der Waals surface area contributed by atoms with Crippen LogP contribution in [0.2, 0.25) is 0 Å². The molecule has 4 nitrogen and oxygen atoms in total. The number of benzene rings is 2. The largest absolute Gasteiger partial charge is 0.374 e. The second kappa shape index (κ2) is 7.93. The van der Waals surface area contributed by atoms with Crippen LogP contribution in [0.4, 0.5) is 0 Å². The first-order chi connectivity index (χ1) is 13.1. The molecule has 2 aromatic rings. The molecule has 2 aromatic carbocycles. The minimum atomic E-state index is -0.470. The van der Waals surface area contributed by atoms with Gasteiger partial charge in [-0.3, -0.25) is 14.6 Å². The van der Waals surface area contributed by atoms with Crippen molar-refractivity contribution in [3.63, 3.8) is 0 Å². The van der Waals surface area contributed by atoms with Gasteiger partial charge in [0.05, 0.1) is 6.54 Å². The second-order valence-electron chi connectivity index (χ2n) is 8.01. The van der Waals surface area contributed by atoms with Crippen LogP contribution in [-0.4, -0.2) is 46.9 Å². The molecule has 0 saturated carbocycles. The van der Waals surface area contributed by atoms with Crippen molar-refractivity contribution in [2.75, 3.05) is 26.2 Å². The summed E-state index contributed by atoms with van der Waals surface area (Å²) >= 11 is 0. The number of carbonyl (C=O) groups is 1. The van der Waals surface area contributed by atoms with E-state index in [1.54, 1.807) is 0 Å². The zero-order chi connectivity index (χ0) is 18.8. The maximum absolute atomic E-state index is 12.5. The summed E-state index contributed by atoms with van der Waals surface area (Å²) in [6, 6.07) is 16.0. The first-order valence-corrected chi connectivity index (χ1v) is 9.92. The van der Waals surface area contributed by atoms with Crippen molar-refractivity contribution >= 4 is 5.78 Å². The van der Waals surface area contributed by atoms with E-state index in [2.05, 4.69) is 15.9 Å². The van der Waals surface area contributed by atoms with Crippen LogP contribution in [-0.2, 0) is 6.54 Å². The van der Waals surface area contributed by atoms with Crippen LogP contribution < -0.4 is 0 Å². The molecule has 0 bridgehead atoms. The molecular formula is C23H28N2O2. The van der Waals surface area contributed by atoms with Gasteiger partial charge in [-0.15, -0.1) is 0 Å². The van der Waals surface area contributed by atoms with Crippen LogP contribution in [0, 0.1) is 12.8 Å². The molecule has 1 unspecified atom stereocenters. The zero-order valence-electron chi connectivity index (χ0n) is 16.0. The summed E-state index contributed by atoms with van der Waals surface area (Å²) < 4.78 is 0. The van der Waals surface area contributed by atoms with E-state index >= 15 is 0 Å². The Balaban J connectivity index is 1.26. The Kier molecular flexibility index (Phi) is 5.39. The van der Waals surface area contributed by atoms with Crippen LogP contribution >= 0.6 is 0 Å². The molecule has 142 valence electrons. The van der Waals surface area contributed by atoms with Crippen LogP contribution in [0.5, 0.6) is 0 Å². The fourth-order valence-electron chi connectivity index (χ4n) is 4.29. The number of nitrogens with zero attached hydrogens (tertiary/aromatic N) is 2. The number of aliphatic hydroxyl groups is 1. The molecule has 0 aromatic heterocycles. The Hall–Kier alpha value is -2.01. The number of hydrogen-bond donors (Lipinski definition) is 1. The fraction of sp³-hybridized carbons (Fsp3) is 0.435. The van der Waals surface area contributed by atoms with Crippen molar-refractivity contribution in [2.45, 2.75) is 32.5 Å². The maximum atomic E-state index is 12.5. The van der Waals surface area contributed by atoms with Gasteiger partial charge in [0.1, 0.15) is 6.23 Å². The molecule has 1 saturated heterocycles. The van der Waals surface area contributed by atoms with Crippen LogP contribution in [0.3, 0.4) is 0 Å². The van der Waals surface area contributed by atoms with E-state index < -0.39 is 6.23 Å².